The van der Waals surface area contributed by atoms with Gasteiger partial charge in [-0.25, -0.2) is 4.79 Å². The molecule has 1 heterocycles. The molecule has 2 aromatic rings. The van der Waals surface area contributed by atoms with Gasteiger partial charge >= 0.3 is 5.97 Å². The van der Waals surface area contributed by atoms with Crippen molar-refractivity contribution in [3.05, 3.63) is 47.3 Å². The molecule has 0 bridgehead atoms. The maximum Gasteiger partial charge on any atom is 0.377 e. The lowest BCUT2D eigenvalue weighted by Gasteiger charge is -2.03. The number of ketones is 1. The third-order valence-electron chi connectivity index (χ3n) is 2.58. The van der Waals surface area contributed by atoms with E-state index in [2.05, 4.69) is 5.16 Å². The Bertz CT molecular complexity index is 615. The molecule has 0 atom stereocenters. The van der Waals surface area contributed by atoms with E-state index in [1.165, 1.54) is 13.2 Å². The number of carbonyl (C=O) groups excluding carboxylic acids is 2. The second kappa shape index (κ2) is 6.01. The molecule has 0 fully saturated rings. The van der Waals surface area contributed by atoms with Crippen molar-refractivity contribution in [3.8, 4) is 5.75 Å². The van der Waals surface area contributed by atoms with Crippen LogP contribution in [-0.2, 0) is 4.74 Å². The van der Waals surface area contributed by atoms with Crippen molar-refractivity contribution in [3.63, 3.8) is 0 Å². The van der Waals surface area contributed by atoms with Gasteiger partial charge in [0.1, 0.15) is 5.75 Å². The van der Waals surface area contributed by atoms with Gasteiger partial charge in [-0.15, -0.1) is 0 Å². The minimum Gasteiger partial charge on any atom is -0.497 e. The molecule has 0 saturated carbocycles. The van der Waals surface area contributed by atoms with Crippen molar-refractivity contribution < 1.29 is 23.6 Å². The van der Waals surface area contributed by atoms with E-state index in [9.17, 15) is 9.59 Å². The largest absolute Gasteiger partial charge is 0.497 e. The van der Waals surface area contributed by atoms with E-state index in [1.807, 2.05) is 0 Å². The van der Waals surface area contributed by atoms with Gasteiger partial charge in [0, 0.05) is 11.6 Å². The first-order valence-corrected chi connectivity index (χ1v) is 5.88. The lowest BCUT2D eigenvalue weighted by molar-refractivity contribution is 0.0435. The highest BCUT2D eigenvalue weighted by molar-refractivity contribution is 5.99. The van der Waals surface area contributed by atoms with Gasteiger partial charge < -0.3 is 14.0 Å². The predicted octanol–water partition coefficient (Wildman–Crippen LogP) is 2.03. The van der Waals surface area contributed by atoms with Crippen molar-refractivity contribution in [2.45, 2.75) is 6.92 Å². The number of benzene rings is 1. The van der Waals surface area contributed by atoms with Crippen molar-refractivity contribution in [2.24, 2.45) is 0 Å². The van der Waals surface area contributed by atoms with Gasteiger partial charge in [-0.05, 0) is 31.2 Å². The molecule has 0 aliphatic rings. The molecule has 0 aliphatic heterocycles. The van der Waals surface area contributed by atoms with Crippen molar-refractivity contribution in [1.29, 1.82) is 0 Å². The molecule has 6 nitrogen and oxygen atoms in total. The first-order chi connectivity index (χ1) is 9.60. The van der Waals surface area contributed by atoms with Gasteiger partial charge in [0.2, 0.25) is 5.76 Å². The van der Waals surface area contributed by atoms with Crippen molar-refractivity contribution in [2.75, 3.05) is 13.7 Å². The molecule has 1 aromatic heterocycles. The Balaban J connectivity index is 1.92. The standard InChI is InChI=1S/C14H13NO5/c1-9-7-13(20-15-9)14(17)19-8-12(16)10-3-5-11(18-2)6-4-10/h3-7H,8H2,1-2H3. The summed E-state index contributed by atoms with van der Waals surface area (Å²) in [5, 5.41) is 3.57. The highest BCUT2D eigenvalue weighted by Crippen LogP contribution is 2.12. The van der Waals surface area contributed by atoms with Gasteiger partial charge in [-0.3, -0.25) is 4.79 Å². The zero-order valence-electron chi connectivity index (χ0n) is 11.1. The summed E-state index contributed by atoms with van der Waals surface area (Å²) < 4.78 is 14.6. The zero-order valence-corrected chi connectivity index (χ0v) is 11.1. The summed E-state index contributed by atoms with van der Waals surface area (Å²) in [5.74, 6) is -0.398. The van der Waals surface area contributed by atoms with Crippen LogP contribution in [0.3, 0.4) is 0 Å². The Morgan fingerprint density at radius 2 is 1.95 bits per heavy atom. The maximum absolute atomic E-state index is 11.8. The Labute approximate surface area is 115 Å². The molecular formula is C14H13NO5. The van der Waals surface area contributed by atoms with Crippen LogP contribution in [0.4, 0.5) is 0 Å². The highest BCUT2D eigenvalue weighted by Gasteiger charge is 2.15. The van der Waals surface area contributed by atoms with Gasteiger partial charge in [0.25, 0.3) is 0 Å². The first kappa shape index (κ1) is 13.8. The molecule has 20 heavy (non-hydrogen) atoms. The van der Waals surface area contributed by atoms with Crippen LogP contribution in [0.5, 0.6) is 5.75 Å². The summed E-state index contributed by atoms with van der Waals surface area (Å²) in [5.41, 5.74) is 1.01. The molecule has 2 rings (SSSR count). The number of methoxy groups -OCH3 is 1. The van der Waals surface area contributed by atoms with Crippen molar-refractivity contribution >= 4 is 11.8 Å². The summed E-state index contributed by atoms with van der Waals surface area (Å²) in [4.78, 5) is 23.4. The summed E-state index contributed by atoms with van der Waals surface area (Å²) in [6.45, 7) is 1.33. The smallest absolute Gasteiger partial charge is 0.377 e. The number of aromatic nitrogens is 1. The molecule has 0 saturated heterocycles. The number of hydrogen-bond acceptors (Lipinski definition) is 6. The van der Waals surface area contributed by atoms with Crippen LogP contribution in [0.15, 0.2) is 34.9 Å². The Morgan fingerprint density at radius 1 is 1.25 bits per heavy atom. The summed E-state index contributed by atoms with van der Waals surface area (Å²) in [6.07, 6.45) is 0. The SMILES string of the molecule is COc1ccc(C(=O)COC(=O)c2cc(C)no2)cc1. The van der Waals surface area contributed by atoms with Crippen LogP contribution in [0.1, 0.15) is 26.6 Å². The number of aryl methyl sites for hydroxylation is 1. The summed E-state index contributed by atoms with van der Waals surface area (Å²) in [7, 11) is 1.54. The molecule has 0 radical (unpaired) electrons. The van der Waals surface area contributed by atoms with Crippen LogP contribution < -0.4 is 4.74 Å². The zero-order chi connectivity index (χ0) is 14.5. The van der Waals surface area contributed by atoms with Gasteiger partial charge in [0.05, 0.1) is 12.8 Å². The number of esters is 1. The highest BCUT2D eigenvalue weighted by atomic mass is 16.6. The molecule has 0 spiro atoms. The first-order valence-electron chi connectivity index (χ1n) is 5.88. The van der Waals surface area contributed by atoms with Gasteiger partial charge in [-0.2, -0.15) is 0 Å². The normalized spacial score (nSPS) is 10.1. The number of nitrogens with zero attached hydrogens (tertiary/aromatic N) is 1. The van der Waals surface area contributed by atoms with Crippen LogP contribution in [0, 0.1) is 6.92 Å². The number of Topliss-reactive ketones (excluding diaryl/α,β-unsaturated/α-hetero) is 1. The van der Waals surface area contributed by atoms with Crippen LogP contribution in [0.2, 0.25) is 0 Å². The van der Waals surface area contributed by atoms with E-state index >= 15 is 0 Å². The quantitative estimate of drug-likeness (QED) is 0.613. The Hall–Kier alpha value is -2.63. The van der Waals surface area contributed by atoms with Crippen LogP contribution in [0.25, 0.3) is 0 Å². The van der Waals surface area contributed by atoms with Crippen LogP contribution >= 0.6 is 0 Å². The fourth-order valence-corrected chi connectivity index (χ4v) is 1.52. The summed E-state index contributed by atoms with van der Waals surface area (Å²) in [6, 6.07) is 7.98. The van der Waals surface area contributed by atoms with E-state index in [0.717, 1.165) is 0 Å². The number of rotatable bonds is 5. The minimum absolute atomic E-state index is 0.0231. The average molecular weight is 275 g/mol. The van der Waals surface area contributed by atoms with Crippen LogP contribution in [-0.4, -0.2) is 30.6 Å². The van der Waals surface area contributed by atoms with E-state index < -0.39 is 5.97 Å². The fourth-order valence-electron chi connectivity index (χ4n) is 1.52. The molecule has 0 N–H and O–H groups in total. The number of hydrogen-bond donors (Lipinski definition) is 0. The topological polar surface area (TPSA) is 78.6 Å². The molecule has 6 heteroatoms. The van der Waals surface area contributed by atoms with E-state index in [-0.39, 0.29) is 18.2 Å². The van der Waals surface area contributed by atoms with Gasteiger partial charge in [-0.1, -0.05) is 5.16 Å². The lowest BCUT2D eigenvalue weighted by atomic mass is 10.1. The number of ether oxygens (including phenoxy) is 2. The maximum atomic E-state index is 11.8. The molecule has 0 unspecified atom stereocenters. The second-order valence-corrected chi connectivity index (χ2v) is 4.06. The molecular weight excluding hydrogens is 262 g/mol. The third-order valence-corrected chi connectivity index (χ3v) is 2.58. The molecule has 104 valence electrons. The lowest BCUT2D eigenvalue weighted by Crippen LogP contribution is -2.13. The third kappa shape index (κ3) is 3.23. The predicted molar refractivity (Wildman–Crippen MR) is 68.8 cm³/mol. The monoisotopic (exact) mass is 275 g/mol. The number of carbonyl (C=O) groups is 2. The van der Waals surface area contributed by atoms with E-state index in [4.69, 9.17) is 14.0 Å². The van der Waals surface area contributed by atoms with Crippen molar-refractivity contribution in [1.82, 2.24) is 5.16 Å². The molecule has 1 aromatic carbocycles. The Kier molecular flexibility index (Phi) is 4.14. The Morgan fingerprint density at radius 3 is 2.50 bits per heavy atom. The van der Waals surface area contributed by atoms with E-state index in [0.29, 0.717) is 17.0 Å². The van der Waals surface area contributed by atoms with Gasteiger partial charge in [0.15, 0.2) is 12.4 Å². The minimum atomic E-state index is -0.715. The average Bonchev–Trinajstić information content (AvgIpc) is 2.91. The summed E-state index contributed by atoms with van der Waals surface area (Å²) >= 11 is 0. The molecule has 0 amide bonds. The van der Waals surface area contributed by atoms with E-state index in [1.54, 1.807) is 31.2 Å². The molecule has 0 aliphatic carbocycles. The fraction of sp³-hybridized carbons (Fsp3) is 0.214. The second-order valence-electron chi connectivity index (χ2n) is 4.06.